The van der Waals surface area contributed by atoms with E-state index in [1.165, 1.54) is 11.1 Å². The van der Waals surface area contributed by atoms with Gasteiger partial charge in [0, 0.05) is 12.1 Å². The van der Waals surface area contributed by atoms with Gasteiger partial charge in [0.2, 0.25) is 0 Å². The molecule has 30 heavy (non-hydrogen) atoms. The van der Waals surface area contributed by atoms with Crippen molar-refractivity contribution in [3.05, 3.63) is 94.0 Å². The highest BCUT2D eigenvalue weighted by Gasteiger charge is 2.15. The Morgan fingerprint density at radius 3 is 2.27 bits per heavy atom. The van der Waals surface area contributed by atoms with Crippen LogP contribution >= 0.6 is 23.8 Å². The summed E-state index contributed by atoms with van der Waals surface area (Å²) in [5.41, 5.74) is 4.36. The lowest BCUT2D eigenvalue weighted by atomic mass is 10.1. The van der Waals surface area contributed by atoms with Crippen molar-refractivity contribution in [3.8, 4) is 11.5 Å². The monoisotopic (exact) mass is 439 g/mol. The molecule has 0 heterocycles. The van der Waals surface area contributed by atoms with Crippen molar-refractivity contribution in [3.63, 3.8) is 0 Å². The average molecular weight is 440 g/mol. The van der Waals surface area contributed by atoms with Crippen LogP contribution in [0.1, 0.15) is 36.1 Å². The summed E-state index contributed by atoms with van der Waals surface area (Å²) < 4.78 is 11.8. The molecule has 0 aliphatic heterocycles. The van der Waals surface area contributed by atoms with Gasteiger partial charge in [0.05, 0.1) is 11.6 Å². The third kappa shape index (κ3) is 5.97. The third-order valence-corrected chi connectivity index (χ3v) is 5.34. The second kappa shape index (κ2) is 11.0. The largest absolute Gasteiger partial charge is 0.490 e. The first-order chi connectivity index (χ1) is 14.6. The second-order valence-electron chi connectivity index (χ2n) is 6.85. The van der Waals surface area contributed by atoms with E-state index in [0.29, 0.717) is 41.3 Å². The Kier molecular flexibility index (Phi) is 8.12. The summed E-state index contributed by atoms with van der Waals surface area (Å²) in [6, 6.07) is 22.2. The Labute approximate surface area is 189 Å². The molecule has 3 aromatic carbocycles. The molecule has 0 aromatic heterocycles. The van der Waals surface area contributed by atoms with E-state index in [1.54, 1.807) is 0 Å². The van der Waals surface area contributed by atoms with E-state index in [2.05, 4.69) is 36.5 Å². The Bertz CT molecular complexity index is 974. The van der Waals surface area contributed by atoms with E-state index in [-0.39, 0.29) is 0 Å². The van der Waals surface area contributed by atoms with Gasteiger partial charge in [-0.3, -0.25) is 0 Å². The van der Waals surface area contributed by atoms with Crippen molar-refractivity contribution in [2.75, 3.05) is 6.61 Å². The van der Waals surface area contributed by atoms with Crippen molar-refractivity contribution in [1.29, 1.82) is 0 Å². The Hall–Kier alpha value is -2.56. The third-order valence-electron chi connectivity index (χ3n) is 4.68. The minimum absolute atomic E-state index is 0.413. The molecule has 0 radical (unpaired) electrons. The maximum Gasteiger partial charge on any atom is 0.180 e. The van der Waals surface area contributed by atoms with E-state index in [9.17, 15) is 0 Å². The maximum atomic E-state index is 6.54. The highest BCUT2D eigenvalue weighted by atomic mass is 35.5. The second-order valence-corrected chi connectivity index (χ2v) is 7.66. The van der Waals surface area contributed by atoms with Gasteiger partial charge in [0.15, 0.2) is 11.5 Å². The summed E-state index contributed by atoms with van der Waals surface area (Å²) in [7, 11) is 0. The van der Waals surface area contributed by atoms with Crippen LogP contribution in [0.4, 0.5) is 0 Å². The summed E-state index contributed by atoms with van der Waals surface area (Å²) >= 11 is 12.1. The molecule has 0 unspecified atom stereocenters. The van der Waals surface area contributed by atoms with E-state index < -0.39 is 0 Å². The Balaban J connectivity index is 1.71. The zero-order valence-electron chi connectivity index (χ0n) is 17.3. The standard InChI is InChI=1S/C25H26ClNO2S/c1-3-18-10-12-19(13-11-18)16-27-25(30)21-14-22(26)24(23(15-21)28-4-2)29-17-20-8-6-5-7-9-20/h5-15H,3-4,16-17H2,1-2H3,(H,27,30). The SMILES string of the molecule is CCOc1cc(C(=S)NCc2ccc(CC)cc2)cc(Cl)c1OCc1ccccc1. The summed E-state index contributed by atoms with van der Waals surface area (Å²) in [6.45, 7) is 5.64. The van der Waals surface area contributed by atoms with Crippen molar-refractivity contribution in [2.24, 2.45) is 0 Å². The van der Waals surface area contributed by atoms with E-state index in [0.717, 1.165) is 17.5 Å². The molecule has 0 aliphatic carbocycles. The zero-order chi connectivity index (χ0) is 21.3. The normalized spacial score (nSPS) is 10.5. The first-order valence-electron chi connectivity index (χ1n) is 10.1. The van der Waals surface area contributed by atoms with E-state index in [4.69, 9.17) is 33.3 Å². The molecule has 0 aliphatic rings. The fourth-order valence-corrected chi connectivity index (χ4v) is 3.46. The van der Waals surface area contributed by atoms with Crippen LogP contribution in [0.25, 0.3) is 0 Å². The fourth-order valence-electron chi connectivity index (χ4n) is 3.01. The van der Waals surface area contributed by atoms with Gasteiger partial charge in [-0.2, -0.15) is 0 Å². The molecule has 0 saturated carbocycles. The van der Waals surface area contributed by atoms with Gasteiger partial charge < -0.3 is 14.8 Å². The van der Waals surface area contributed by atoms with Gasteiger partial charge >= 0.3 is 0 Å². The van der Waals surface area contributed by atoms with Crippen LogP contribution in [0.5, 0.6) is 11.5 Å². The smallest absolute Gasteiger partial charge is 0.180 e. The van der Waals surface area contributed by atoms with Gasteiger partial charge in [-0.1, -0.05) is 85.3 Å². The van der Waals surface area contributed by atoms with E-state index in [1.807, 2.05) is 49.4 Å². The van der Waals surface area contributed by atoms with Gasteiger partial charge in [-0.05, 0) is 42.2 Å². The molecule has 0 bridgehead atoms. The molecule has 0 saturated heterocycles. The molecular weight excluding hydrogens is 414 g/mol. The number of aryl methyl sites for hydroxylation is 1. The fraction of sp³-hybridized carbons (Fsp3) is 0.240. The van der Waals surface area contributed by atoms with Crippen LogP contribution in [0, 0.1) is 0 Å². The number of ether oxygens (including phenoxy) is 2. The topological polar surface area (TPSA) is 30.5 Å². The minimum atomic E-state index is 0.413. The van der Waals surface area contributed by atoms with Gasteiger partial charge in [0.1, 0.15) is 11.6 Å². The highest BCUT2D eigenvalue weighted by Crippen LogP contribution is 2.37. The first-order valence-corrected chi connectivity index (χ1v) is 10.9. The maximum absolute atomic E-state index is 6.54. The van der Waals surface area contributed by atoms with Crippen LogP contribution in [-0.2, 0) is 19.6 Å². The lowest BCUT2D eigenvalue weighted by Gasteiger charge is -2.16. The van der Waals surface area contributed by atoms with Crippen LogP contribution in [0.2, 0.25) is 5.02 Å². The molecule has 1 N–H and O–H groups in total. The summed E-state index contributed by atoms with van der Waals surface area (Å²) in [5, 5.41) is 3.78. The van der Waals surface area contributed by atoms with E-state index >= 15 is 0 Å². The predicted octanol–water partition coefficient (Wildman–Crippen LogP) is 6.35. The van der Waals surface area contributed by atoms with Gasteiger partial charge in [0.25, 0.3) is 0 Å². The van der Waals surface area contributed by atoms with Gasteiger partial charge in [-0.25, -0.2) is 0 Å². The van der Waals surface area contributed by atoms with Gasteiger partial charge in [-0.15, -0.1) is 0 Å². The van der Waals surface area contributed by atoms with Crippen LogP contribution in [-0.4, -0.2) is 11.6 Å². The molecule has 156 valence electrons. The quantitative estimate of drug-likeness (QED) is 0.394. The summed E-state index contributed by atoms with van der Waals surface area (Å²) in [5.74, 6) is 1.12. The number of nitrogens with one attached hydrogen (secondary N) is 1. The Morgan fingerprint density at radius 1 is 0.900 bits per heavy atom. The minimum Gasteiger partial charge on any atom is -0.490 e. The number of benzene rings is 3. The molecule has 0 amide bonds. The van der Waals surface area contributed by atoms with Crippen LogP contribution in [0.15, 0.2) is 66.7 Å². The van der Waals surface area contributed by atoms with Crippen molar-refractivity contribution in [1.82, 2.24) is 5.32 Å². The predicted molar refractivity (Wildman–Crippen MR) is 128 cm³/mol. The zero-order valence-corrected chi connectivity index (χ0v) is 18.9. The average Bonchev–Trinajstić information content (AvgIpc) is 2.78. The van der Waals surface area contributed by atoms with Crippen LogP contribution < -0.4 is 14.8 Å². The highest BCUT2D eigenvalue weighted by molar-refractivity contribution is 7.80. The molecule has 5 heteroatoms. The summed E-state index contributed by atoms with van der Waals surface area (Å²) in [4.78, 5) is 0.618. The van der Waals surface area contributed by atoms with Crippen molar-refractivity contribution in [2.45, 2.75) is 33.4 Å². The number of halogens is 1. The number of hydrogen-bond acceptors (Lipinski definition) is 3. The number of thiocarbonyl (C=S) groups is 1. The molecule has 0 fully saturated rings. The lowest BCUT2D eigenvalue weighted by Crippen LogP contribution is -2.21. The molecule has 3 aromatic rings. The van der Waals surface area contributed by atoms with Crippen LogP contribution in [0.3, 0.4) is 0 Å². The lowest BCUT2D eigenvalue weighted by molar-refractivity contribution is 0.269. The molecular formula is C25H26ClNO2S. The molecule has 3 nitrogen and oxygen atoms in total. The van der Waals surface area contributed by atoms with Crippen molar-refractivity contribution < 1.29 is 9.47 Å². The molecule has 3 rings (SSSR count). The first kappa shape index (κ1) is 22.1. The molecule has 0 atom stereocenters. The molecule has 0 spiro atoms. The number of rotatable bonds is 9. The summed E-state index contributed by atoms with van der Waals surface area (Å²) in [6.07, 6.45) is 1.03. The number of hydrogen-bond donors (Lipinski definition) is 1. The Morgan fingerprint density at radius 2 is 1.60 bits per heavy atom. The van der Waals surface area contributed by atoms with Crippen molar-refractivity contribution >= 4 is 28.8 Å².